The minimum absolute atomic E-state index is 0.0764. The molecule has 0 saturated carbocycles. The highest BCUT2D eigenvalue weighted by molar-refractivity contribution is 6.04. The number of benzene rings is 1. The van der Waals surface area contributed by atoms with Crippen molar-refractivity contribution in [3.05, 3.63) is 29.8 Å². The van der Waals surface area contributed by atoms with E-state index >= 15 is 0 Å². The molecule has 1 amide bonds. The zero-order valence-corrected chi connectivity index (χ0v) is 9.97. The molecule has 0 radical (unpaired) electrons. The molecule has 90 valence electrons. The van der Waals surface area contributed by atoms with Crippen LogP contribution in [-0.4, -0.2) is 24.5 Å². The number of amides is 1. The Hall–Kier alpha value is -1.97. The Bertz CT molecular complexity index is 440. The number of carbonyl (C=O) groups is 3. The van der Waals surface area contributed by atoms with Crippen LogP contribution < -0.4 is 4.90 Å². The number of carbonyl (C=O) groups excluding carboxylic acids is 3. The van der Waals surface area contributed by atoms with E-state index in [-0.39, 0.29) is 18.1 Å². The van der Waals surface area contributed by atoms with Gasteiger partial charge in [0.1, 0.15) is 6.29 Å². The van der Waals surface area contributed by atoms with Gasteiger partial charge in [0.2, 0.25) is 5.91 Å². The highest BCUT2D eigenvalue weighted by atomic mass is 16.2. The van der Waals surface area contributed by atoms with Crippen molar-refractivity contribution < 1.29 is 14.4 Å². The largest absolute Gasteiger partial charge is 0.313 e. The van der Waals surface area contributed by atoms with E-state index in [0.717, 1.165) is 0 Å². The predicted molar refractivity (Wildman–Crippen MR) is 65.2 cm³/mol. The van der Waals surface area contributed by atoms with Gasteiger partial charge in [0.15, 0.2) is 5.78 Å². The summed E-state index contributed by atoms with van der Waals surface area (Å²) in [5, 5.41) is 0. The summed E-state index contributed by atoms with van der Waals surface area (Å²) in [5.41, 5.74) is 1.13. The summed E-state index contributed by atoms with van der Waals surface area (Å²) in [6.07, 6.45) is 0.452. The Balaban J connectivity index is 3.03. The lowest BCUT2D eigenvalue weighted by molar-refractivity contribution is -0.116. The van der Waals surface area contributed by atoms with Gasteiger partial charge in [-0.15, -0.1) is 0 Å². The van der Waals surface area contributed by atoms with Gasteiger partial charge in [0.25, 0.3) is 0 Å². The van der Waals surface area contributed by atoms with E-state index in [1.165, 1.54) is 6.92 Å². The van der Waals surface area contributed by atoms with Crippen LogP contribution in [-0.2, 0) is 9.59 Å². The number of anilines is 1. The van der Waals surface area contributed by atoms with E-state index < -0.39 is 0 Å². The maximum atomic E-state index is 11.5. The first-order valence-electron chi connectivity index (χ1n) is 5.45. The molecular weight excluding hydrogens is 218 g/mol. The van der Waals surface area contributed by atoms with Crippen LogP contribution in [0.15, 0.2) is 24.3 Å². The van der Waals surface area contributed by atoms with Gasteiger partial charge < -0.3 is 9.69 Å². The smallest absolute Gasteiger partial charge is 0.223 e. The molecule has 0 aliphatic heterocycles. The number of nitrogens with zero attached hydrogens (tertiary/aromatic N) is 1. The molecule has 0 unspecified atom stereocenters. The molecule has 0 aliphatic carbocycles. The van der Waals surface area contributed by atoms with Crippen LogP contribution in [0.25, 0.3) is 0 Å². The third-order valence-corrected chi connectivity index (χ3v) is 2.44. The Kier molecular flexibility index (Phi) is 4.57. The molecule has 0 heterocycles. The normalized spacial score (nSPS) is 9.76. The van der Waals surface area contributed by atoms with E-state index in [1.807, 2.05) is 6.92 Å². The van der Waals surface area contributed by atoms with Crippen molar-refractivity contribution >= 4 is 23.7 Å². The van der Waals surface area contributed by atoms with E-state index in [0.29, 0.717) is 24.1 Å². The molecule has 0 N–H and O–H groups in total. The zero-order chi connectivity index (χ0) is 12.8. The predicted octanol–water partition coefficient (Wildman–Crippen LogP) is 1.83. The average molecular weight is 233 g/mol. The van der Waals surface area contributed by atoms with Crippen molar-refractivity contribution in [3.63, 3.8) is 0 Å². The molecule has 0 saturated heterocycles. The van der Waals surface area contributed by atoms with Crippen LogP contribution in [0.4, 0.5) is 5.69 Å². The van der Waals surface area contributed by atoms with Crippen LogP contribution in [0.2, 0.25) is 0 Å². The highest BCUT2D eigenvalue weighted by Crippen LogP contribution is 2.17. The van der Waals surface area contributed by atoms with Crippen molar-refractivity contribution in [2.24, 2.45) is 0 Å². The number of ketones is 1. The highest BCUT2D eigenvalue weighted by Gasteiger charge is 2.11. The quantitative estimate of drug-likeness (QED) is 0.443. The summed E-state index contributed by atoms with van der Waals surface area (Å²) in [6.45, 7) is 3.88. The van der Waals surface area contributed by atoms with Crippen LogP contribution >= 0.6 is 0 Å². The monoisotopic (exact) mass is 233 g/mol. The number of aldehydes is 1. The lowest BCUT2D eigenvalue weighted by Crippen LogP contribution is -2.28. The maximum absolute atomic E-state index is 11.5. The maximum Gasteiger partial charge on any atom is 0.223 e. The minimum Gasteiger partial charge on any atom is -0.313 e. The Morgan fingerprint density at radius 3 is 2.59 bits per heavy atom. The van der Waals surface area contributed by atoms with Gasteiger partial charge in [-0.05, 0) is 19.1 Å². The van der Waals surface area contributed by atoms with E-state index in [1.54, 1.807) is 29.2 Å². The molecule has 0 spiro atoms. The van der Waals surface area contributed by atoms with Crippen molar-refractivity contribution in [2.75, 3.05) is 11.4 Å². The number of rotatable bonds is 5. The lowest BCUT2D eigenvalue weighted by Gasteiger charge is -2.19. The standard InChI is InChI=1S/C13H15NO3/c1-3-14(10(2)16)12-6-4-5-11(9-12)13(17)7-8-15/h4-6,8-9H,3,7H2,1-2H3. The molecule has 0 bridgehead atoms. The number of Topliss-reactive ketones (excluding diaryl/α,β-unsaturated/α-hetero) is 1. The molecule has 0 atom stereocenters. The molecule has 4 nitrogen and oxygen atoms in total. The third-order valence-electron chi connectivity index (χ3n) is 2.44. The molecule has 4 heteroatoms. The fourth-order valence-corrected chi connectivity index (χ4v) is 1.63. The first kappa shape index (κ1) is 13.1. The Morgan fingerprint density at radius 2 is 2.06 bits per heavy atom. The first-order chi connectivity index (χ1) is 8.10. The number of hydrogen-bond donors (Lipinski definition) is 0. The second kappa shape index (κ2) is 5.94. The van der Waals surface area contributed by atoms with Gasteiger partial charge in [-0.25, -0.2) is 0 Å². The van der Waals surface area contributed by atoms with Crippen molar-refractivity contribution in [2.45, 2.75) is 20.3 Å². The van der Waals surface area contributed by atoms with Gasteiger partial charge >= 0.3 is 0 Å². The first-order valence-corrected chi connectivity index (χ1v) is 5.45. The zero-order valence-electron chi connectivity index (χ0n) is 9.97. The summed E-state index contributed by atoms with van der Waals surface area (Å²) < 4.78 is 0. The molecular formula is C13H15NO3. The average Bonchev–Trinajstić information content (AvgIpc) is 2.30. The topological polar surface area (TPSA) is 54.5 Å². The van der Waals surface area contributed by atoms with Crippen LogP contribution in [0.1, 0.15) is 30.6 Å². The summed E-state index contributed by atoms with van der Waals surface area (Å²) in [7, 11) is 0. The fraction of sp³-hybridized carbons (Fsp3) is 0.308. The summed E-state index contributed by atoms with van der Waals surface area (Å²) in [4.78, 5) is 34.8. The van der Waals surface area contributed by atoms with Gasteiger partial charge in [-0.3, -0.25) is 9.59 Å². The van der Waals surface area contributed by atoms with Crippen molar-refractivity contribution in [1.29, 1.82) is 0 Å². The van der Waals surface area contributed by atoms with Gasteiger partial charge in [-0.1, -0.05) is 12.1 Å². The van der Waals surface area contributed by atoms with Crippen LogP contribution in [0.5, 0.6) is 0 Å². The Labute approximate surface area is 100 Å². The molecule has 1 rings (SSSR count). The summed E-state index contributed by atoms with van der Waals surface area (Å²) in [6, 6.07) is 6.75. The second-order valence-corrected chi connectivity index (χ2v) is 3.61. The molecule has 1 aromatic rings. The third kappa shape index (κ3) is 3.24. The minimum atomic E-state index is -0.235. The van der Waals surface area contributed by atoms with Gasteiger partial charge in [-0.2, -0.15) is 0 Å². The van der Waals surface area contributed by atoms with E-state index in [4.69, 9.17) is 0 Å². The van der Waals surface area contributed by atoms with Crippen LogP contribution in [0.3, 0.4) is 0 Å². The lowest BCUT2D eigenvalue weighted by atomic mass is 10.1. The molecule has 1 aromatic carbocycles. The van der Waals surface area contributed by atoms with Gasteiger partial charge in [0.05, 0.1) is 6.42 Å². The van der Waals surface area contributed by atoms with E-state index in [9.17, 15) is 14.4 Å². The second-order valence-electron chi connectivity index (χ2n) is 3.61. The summed E-state index contributed by atoms with van der Waals surface area (Å²) >= 11 is 0. The molecule has 17 heavy (non-hydrogen) atoms. The summed E-state index contributed by atoms with van der Waals surface area (Å²) in [5.74, 6) is -0.311. The van der Waals surface area contributed by atoms with Crippen molar-refractivity contribution in [3.8, 4) is 0 Å². The Morgan fingerprint density at radius 1 is 1.35 bits per heavy atom. The number of hydrogen-bond acceptors (Lipinski definition) is 3. The fourth-order valence-electron chi connectivity index (χ4n) is 1.63. The van der Waals surface area contributed by atoms with Crippen LogP contribution in [0, 0.1) is 0 Å². The molecule has 0 aromatic heterocycles. The molecule has 0 aliphatic rings. The van der Waals surface area contributed by atoms with Gasteiger partial charge in [0, 0.05) is 24.7 Å². The molecule has 0 fully saturated rings. The van der Waals surface area contributed by atoms with Crippen molar-refractivity contribution in [1.82, 2.24) is 0 Å². The SMILES string of the molecule is CCN(C(C)=O)c1cccc(C(=O)CC=O)c1. The van der Waals surface area contributed by atoms with E-state index in [2.05, 4.69) is 0 Å².